The number of hydrogen-bond acceptors (Lipinski definition) is 7. The molecule has 2 aromatic rings. The Morgan fingerprint density at radius 1 is 1.05 bits per heavy atom. The minimum Gasteiger partial charge on any atom is -0.481 e. The maximum Gasteiger partial charge on any atom is 0.358 e. The van der Waals surface area contributed by atoms with Crippen molar-refractivity contribution < 1.29 is 33.9 Å². The Bertz CT molecular complexity index is 1270. The molecule has 0 saturated carbocycles. The number of aliphatic carboxylic acids is 1. The summed E-state index contributed by atoms with van der Waals surface area (Å²) in [6.45, 7) is 0.400. The fraction of sp³-hybridized carbons (Fsp3) is 0.357. The van der Waals surface area contributed by atoms with E-state index in [-0.39, 0.29) is 38.4 Å². The van der Waals surface area contributed by atoms with Gasteiger partial charge in [-0.3, -0.25) is 24.6 Å². The lowest BCUT2D eigenvalue weighted by atomic mass is 10.1. The summed E-state index contributed by atoms with van der Waals surface area (Å²) >= 11 is 0. The van der Waals surface area contributed by atoms with Gasteiger partial charge in [-0.05, 0) is 30.5 Å². The highest BCUT2D eigenvalue weighted by Crippen LogP contribution is 2.24. The van der Waals surface area contributed by atoms with Crippen LogP contribution < -0.4 is 10.7 Å². The molecule has 2 heterocycles. The number of nitrogens with one attached hydrogen (secondary N) is 2. The second-order valence-electron chi connectivity index (χ2n) is 9.55. The third-order valence-corrected chi connectivity index (χ3v) is 6.60. The van der Waals surface area contributed by atoms with E-state index < -0.39 is 42.3 Å². The van der Waals surface area contributed by atoms with Crippen LogP contribution in [0.4, 0.5) is 4.79 Å². The fourth-order valence-electron chi connectivity index (χ4n) is 4.58. The van der Waals surface area contributed by atoms with E-state index in [1.165, 1.54) is 11.2 Å². The number of carbonyl (C=O) groups is 5. The first kappa shape index (κ1) is 29.1. The average molecular weight is 565 g/mol. The van der Waals surface area contributed by atoms with Crippen LogP contribution in [0.3, 0.4) is 0 Å². The zero-order valence-corrected chi connectivity index (χ0v) is 22.3. The van der Waals surface area contributed by atoms with Gasteiger partial charge in [0.15, 0.2) is 0 Å². The minimum atomic E-state index is -1.17. The minimum absolute atomic E-state index is 0.0553. The number of carboxylic acids is 1. The summed E-state index contributed by atoms with van der Waals surface area (Å²) in [5, 5.41) is 19.1. The van der Waals surface area contributed by atoms with E-state index in [0.29, 0.717) is 18.4 Å². The fourth-order valence-corrected chi connectivity index (χ4v) is 4.58. The van der Waals surface area contributed by atoms with Gasteiger partial charge in [-0.15, -0.1) is 0 Å². The van der Waals surface area contributed by atoms with Crippen LogP contribution in [0.5, 0.6) is 0 Å². The SMILES string of the molecule is O=C(O)C[C@@H](/C=N/OCCc1ccccc1)NC(=O)[C@@H]1CCCN2C(=O)CCN(NC(=O)c3ccccc3)C(=O)N12. The molecule has 0 bridgehead atoms. The molecule has 0 aliphatic carbocycles. The van der Waals surface area contributed by atoms with Gasteiger partial charge in [0.2, 0.25) is 11.8 Å². The first-order chi connectivity index (χ1) is 19.8. The Hall–Kier alpha value is -4.94. The number of oxime groups is 1. The number of carboxylic acid groups (broad SMARTS) is 1. The standard InChI is InChI=1S/C28H32N6O7/c35-24-13-16-32(31-26(38)21-10-5-2-6-11-21)28(40)34-23(12-7-15-33(24)34)27(39)30-22(18-25(36)37)19-29-41-17-14-20-8-3-1-4-9-20/h1-6,8-11,19,22-23H,7,12-18H2,(H,30,39)(H,31,38)(H,36,37)/b29-19+/t22-,23-/m0/s1. The van der Waals surface area contributed by atoms with Gasteiger partial charge in [0, 0.05) is 24.9 Å². The number of nitrogens with zero attached hydrogens (tertiary/aromatic N) is 4. The molecule has 13 nitrogen and oxygen atoms in total. The van der Waals surface area contributed by atoms with E-state index in [2.05, 4.69) is 15.9 Å². The van der Waals surface area contributed by atoms with Crippen molar-refractivity contribution in [3.63, 3.8) is 0 Å². The average Bonchev–Trinajstić information content (AvgIpc) is 3.09. The van der Waals surface area contributed by atoms with E-state index in [9.17, 15) is 29.1 Å². The molecule has 13 heteroatoms. The number of benzene rings is 2. The Kier molecular flexibility index (Phi) is 9.86. The van der Waals surface area contributed by atoms with Crippen molar-refractivity contribution in [2.24, 2.45) is 5.16 Å². The second-order valence-corrected chi connectivity index (χ2v) is 9.55. The van der Waals surface area contributed by atoms with Crippen molar-refractivity contribution in [2.45, 2.75) is 44.2 Å². The molecule has 0 radical (unpaired) electrons. The smallest absolute Gasteiger partial charge is 0.358 e. The molecule has 0 unspecified atom stereocenters. The number of fused-ring (bicyclic) bond motifs is 1. The molecular weight excluding hydrogens is 532 g/mol. The van der Waals surface area contributed by atoms with Crippen molar-refractivity contribution in [1.29, 1.82) is 0 Å². The van der Waals surface area contributed by atoms with Gasteiger partial charge in [0.1, 0.15) is 12.6 Å². The van der Waals surface area contributed by atoms with Crippen LogP contribution in [0.25, 0.3) is 0 Å². The van der Waals surface area contributed by atoms with Crippen LogP contribution in [0, 0.1) is 0 Å². The van der Waals surface area contributed by atoms with Crippen LogP contribution in [-0.2, 0) is 25.6 Å². The number of carbonyl (C=O) groups excluding carboxylic acids is 4. The van der Waals surface area contributed by atoms with Crippen LogP contribution in [0.1, 0.15) is 41.6 Å². The number of hydrazine groups is 2. The van der Waals surface area contributed by atoms with Crippen LogP contribution in [-0.4, -0.2) is 87.8 Å². The normalized spacial score (nSPS) is 18.0. The number of hydrogen-bond donors (Lipinski definition) is 3. The lowest BCUT2D eigenvalue weighted by Crippen LogP contribution is -2.64. The molecule has 0 spiro atoms. The maximum absolute atomic E-state index is 13.6. The molecule has 2 aliphatic rings. The van der Waals surface area contributed by atoms with Crippen molar-refractivity contribution in [1.82, 2.24) is 25.8 Å². The lowest BCUT2D eigenvalue weighted by molar-refractivity contribution is -0.155. The van der Waals surface area contributed by atoms with Gasteiger partial charge in [-0.25, -0.2) is 19.8 Å². The van der Waals surface area contributed by atoms with Crippen LogP contribution >= 0.6 is 0 Å². The summed E-state index contributed by atoms with van der Waals surface area (Å²) in [6, 6.07) is 15.0. The summed E-state index contributed by atoms with van der Waals surface area (Å²) in [7, 11) is 0. The van der Waals surface area contributed by atoms with Crippen molar-refractivity contribution in [3.8, 4) is 0 Å². The molecule has 2 atom stereocenters. The highest BCUT2D eigenvalue weighted by molar-refractivity contribution is 5.97. The van der Waals surface area contributed by atoms with Gasteiger partial charge in [0.25, 0.3) is 5.91 Å². The summed E-state index contributed by atoms with van der Waals surface area (Å²) < 4.78 is 0. The molecule has 5 amide bonds. The van der Waals surface area contributed by atoms with Crippen LogP contribution in [0.15, 0.2) is 65.8 Å². The first-order valence-electron chi connectivity index (χ1n) is 13.3. The molecule has 2 aliphatic heterocycles. The first-order valence-corrected chi connectivity index (χ1v) is 13.3. The largest absolute Gasteiger partial charge is 0.481 e. The van der Waals surface area contributed by atoms with Crippen molar-refractivity contribution in [2.75, 3.05) is 19.7 Å². The van der Waals surface area contributed by atoms with E-state index in [0.717, 1.165) is 15.6 Å². The van der Waals surface area contributed by atoms with E-state index in [1.807, 2.05) is 30.3 Å². The van der Waals surface area contributed by atoms with Crippen molar-refractivity contribution >= 4 is 35.9 Å². The molecule has 0 aromatic heterocycles. The highest BCUT2D eigenvalue weighted by Gasteiger charge is 2.44. The Labute approximate surface area is 236 Å². The number of amides is 5. The van der Waals surface area contributed by atoms with Gasteiger partial charge < -0.3 is 15.3 Å². The van der Waals surface area contributed by atoms with Crippen LogP contribution in [0.2, 0.25) is 0 Å². The zero-order valence-electron chi connectivity index (χ0n) is 22.3. The predicted molar refractivity (Wildman–Crippen MR) is 146 cm³/mol. The van der Waals surface area contributed by atoms with E-state index >= 15 is 0 Å². The quantitative estimate of drug-likeness (QED) is 0.212. The summed E-state index contributed by atoms with van der Waals surface area (Å²) in [5.74, 6) is -2.74. The molecule has 4 rings (SSSR count). The van der Waals surface area contributed by atoms with Gasteiger partial charge in [-0.1, -0.05) is 53.7 Å². The maximum atomic E-state index is 13.6. The highest BCUT2D eigenvalue weighted by atomic mass is 16.6. The van der Waals surface area contributed by atoms with Gasteiger partial charge >= 0.3 is 12.0 Å². The monoisotopic (exact) mass is 564 g/mol. The van der Waals surface area contributed by atoms with Crippen molar-refractivity contribution in [3.05, 3.63) is 71.8 Å². The topological polar surface area (TPSA) is 161 Å². The number of rotatable bonds is 11. The van der Waals surface area contributed by atoms with E-state index in [1.54, 1.807) is 30.3 Å². The third-order valence-electron chi connectivity index (χ3n) is 6.60. The molecule has 216 valence electrons. The van der Waals surface area contributed by atoms with Gasteiger partial charge in [-0.2, -0.15) is 0 Å². The summed E-state index contributed by atoms with van der Waals surface area (Å²) in [6.07, 6.45) is 1.94. The summed E-state index contributed by atoms with van der Waals surface area (Å²) in [4.78, 5) is 69.3. The lowest BCUT2D eigenvalue weighted by Gasteiger charge is -2.43. The molecule has 2 aromatic carbocycles. The zero-order chi connectivity index (χ0) is 29.2. The molecule has 2 fully saturated rings. The number of urea groups is 1. The Morgan fingerprint density at radius 2 is 1.76 bits per heavy atom. The van der Waals surface area contributed by atoms with E-state index in [4.69, 9.17) is 4.84 Å². The molecular formula is C28H32N6O7. The Morgan fingerprint density at radius 3 is 2.46 bits per heavy atom. The predicted octanol–water partition coefficient (Wildman–Crippen LogP) is 1.57. The molecule has 41 heavy (non-hydrogen) atoms. The third kappa shape index (κ3) is 7.81. The molecule has 3 N–H and O–H groups in total. The molecule has 2 saturated heterocycles. The van der Waals surface area contributed by atoms with Gasteiger partial charge in [0.05, 0.1) is 25.2 Å². The summed E-state index contributed by atoms with van der Waals surface area (Å²) in [5.41, 5.74) is 3.90. The Balaban J connectivity index is 1.43. The second kappa shape index (κ2) is 13.9.